The Bertz CT molecular complexity index is 842. The monoisotopic (exact) mass is 346 g/mol. The average Bonchev–Trinajstić information content (AvgIpc) is 3.23. The molecule has 0 saturated carbocycles. The molecule has 0 spiro atoms. The molecule has 0 radical (unpaired) electrons. The van der Waals surface area contributed by atoms with E-state index in [9.17, 15) is 0 Å². The Kier molecular flexibility index (Phi) is 3.74. The molecule has 0 fully saturated rings. The van der Waals surface area contributed by atoms with Crippen molar-refractivity contribution in [2.24, 2.45) is 0 Å². The van der Waals surface area contributed by atoms with E-state index in [2.05, 4.69) is 37.2 Å². The van der Waals surface area contributed by atoms with Crippen molar-refractivity contribution in [1.29, 1.82) is 0 Å². The van der Waals surface area contributed by atoms with Crippen LogP contribution in [0.3, 0.4) is 0 Å². The Morgan fingerprint density at radius 2 is 2.09 bits per heavy atom. The lowest BCUT2D eigenvalue weighted by molar-refractivity contribution is 0.651. The Morgan fingerprint density at radius 1 is 1.22 bits per heavy atom. The quantitative estimate of drug-likeness (QED) is 0.782. The van der Waals surface area contributed by atoms with E-state index in [0.717, 1.165) is 46.7 Å². The predicted octanol–water partition coefficient (Wildman–Crippen LogP) is 3.57. The summed E-state index contributed by atoms with van der Waals surface area (Å²) in [6.07, 6.45) is 2.15. The second-order valence-corrected chi connectivity index (χ2v) is 6.87. The summed E-state index contributed by atoms with van der Waals surface area (Å²) in [5, 5.41) is 22.6. The van der Waals surface area contributed by atoms with Gasteiger partial charge in [0.1, 0.15) is 5.82 Å². The van der Waals surface area contributed by atoms with Crippen molar-refractivity contribution in [1.82, 2.24) is 25.0 Å². The van der Waals surface area contributed by atoms with Crippen LogP contribution >= 0.6 is 22.9 Å². The number of anilines is 1. The molecule has 8 heteroatoms. The molecule has 0 aliphatic carbocycles. The summed E-state index contributed by atoms with van der Waals surface area (Å²) in [6, 6.07) is 7.67. The van der Waals surface area contributed by atoms with E-state index in [1.165, 1.54) is 11.3 Å². The van der Waals surface area contributed by atoms with Crippen LogP contribution in [0.4, 0.5) is 5.13 Å². The zero-order chi connectivity index (χ0) is 15.8. The predicted molar refractivity (Wildman–Crippen MR) is 90.7 cm³/mol. The molecule has 1 atom stereocenters. The first-order valence-electron chi connectivity index (χ1n) is 7.49. The molecular weight excluding hydrogens is 332 g/mol. The van der Waals surface area contributed by atoms with Gasteiger partial charge in [-0.3, -0.25) is 0 Å². The van der Waals surface area contributed by atoms with Gasteiger partial charge in [0.25, 0.3) is 0 Å². The van der Waals surface area contributed by atoms with Gasteiger partial charge in [0.05, 0.1) is 11.1 Å². The van der Waals surface area contributed by atoms with Gasteiger partial charge in [0, 0.05) is 18.5 Å². The number of hydrogen-bond acceptors (Lipinski definition) is 6. The molecule has 3 heterocycles. The Labute approximate surface area is 142 Å². The van der Waals surface area contributed by atoms with Gasteiger partial charge in [0.2, 0.25) is 5.13 Å². The van der Waals surface area contributed by atoms with Crippen molar-refractivity contribution < 1.29 is 0 Å². The fourth-order valence-electron chi connectivity index (χ4n) is 2.77. The normalized spacial score (nSPS) is 14.7. The van der Waals surface area contributed by atoms with Gasteiger partial charge in [0.15, 0.2) is 10.8 Å². The third-order valence-electron chi connectivity index (χ3n) is 3.89. The molecule has 4 rings (SSSR count). The molecule has 1 N–H and O–H groups in total. The van der Waals surface area contributed by atoms with E-state index in [-0.39, 0.29) is 6.04 Å². The Morgan fingerprint density at radius 3 is 2.96 bits per heavy atom. The fourth-order valence-corrected chi connectivity index (χ4v) is 3.92. The van der Waals surface area contributed by atoms with Crippen LogP contribution in [0.25, 0.3) is 10.6 Å². The van der Waals surface area contributed by atoms with Crippen LogP contribution in [-0.2, 0) is 13.0 Å². The van der Waals surface area contributed by atoms with Crippen molar-refractivity contribution >= 4 is 28.1 Å². The number of hydrogen-bond donors (Lipinski definition) is 1. The molecule has 0 bridgehead atoms. The number of fused-ring (bicyclic) bond motifs is 1. The van der Waals surface area contributed by atoms with E-state index in [0.29, 0.717) is 5.02 Å². The van der Waals surface area contributed by atoms with Crippen LogP contribution < -0.4 is 5.32 Å². The molecule has 3 aromatic rings. The maximum Gasteiger partial charge on any atom is 0.206 e. The first kappa shape index (κ1) is 14.6. The zero-order valence-electron chi connectivity index (χ0n) is 12.5. The molecule has 1 aromatic carbocycles. The van der Waals surface area contributed by atoms with Crippen LogP contribution in [0.5, 0.6) is 0 Å². The number of rotatable bonds is 4. The van der Waals surface area contributed by atoms with Crippen LogP contribution in [0.15, 0.2) is 24.3 Å². The summed E-state index contributed by atoms with van der Waals surface area (Å²) >= 11 is 7.70. The molecule has 0 amide bonds. The zero-order valence-corrected chi connectivity index (χ0v) is 14.1. The first-order chi connectivity index (χ1) is 11.2. The number of nitrogens with one attached hydrogen (secondary N) is 1. The minimum Gasteiger partial charge on any atom is -0.350 e. The molecule has 1 aliphatic heterocycles. The van der Waals surface area contributed by atoms with Gasteiger partial charge in [-0.1, -0.05) is 41.1 Å². The highest BCUT2D eigenvalue weighted by Gasteiger charge is 2.22. The van der Waals surface area contributed by atoms with Gasteiger partial charge < -0.3 is 9.88 Å². The fraction of sp³-hybridized carbons (Fsp3) is 0.333. The molecular formula is C15H15ClN6S. The van der Waals surface area contributed by atoms with E-state index in [4.69, 9.17) is 11.6 Å². The summed E-state index contributed by atoms with van der Waals surface area (Å²) < 4.78 is 2.19. The highest BCUT2D eigenvalue weighted by Crippen LogP contribution is 2.33. The molecule has 1 aliphatic rings. The number of halogens is 1. The highest BCUT2D eigenvalue weighted by molar-refractivity contribution is 7.18. The summed E-state index contributed by atoms with van der Waals surface area (Å²) in [5.74, 6) is 2.02. The largest absolute Gasteiger partial charge is 0.350 e. The van der Waals surface area contributed by atoms with Crippen LogP contribution in [-0.4, -0.2) is 25.0 Å². The first-order valence-corrected chi connectivity index (χ1v) is 8.69. The smallest absolute Gasteiger partial charge is 0.206 e. The van der Waals surface area contributed by atoms with Gasteiger partial charge in [-0.2, -0.15) is 0 Å². The van der Waals surface area contributed by atoms with Crippen molar-refractivity contribution in [2.45, 2.75) is 32.4 Å². The summed E-state index contributed by atoms with van der Waals surface area (Å²) in [4.78, 5) is 0. The molecule has 118 valence electrons. The maximum absolute atomic E-state index is 6.22. The number of nitrogens with zero attached hydrogens (tertiary/aromatic N) is 5. The summed E-state index contributed by atoms with van der Waals surface area (Å²) in [7, 11) is 0. The minimum atomic E-state index is 0.0291. The third-order valence-corrected chi connectivity index (χ3v) is 5.11. The third kappa shape index (κ3) is 2.70. The molecule has 0 saturated heterocycles. The lowest BCUT2D eigenvalue weighted by Gasteiger charge is -2.12. The van der Waals surface area contributed by atoms with Crippen molar-refractivity contribution in [2.75, 3.05) is 5.32 Å². The van der Waals surface area contributed by atoms with Gasteiger partial charge in [-0.15, -0.1) is 20.4 Å². The van der Waals surface area contributed by atoms with E-state index in [1.807, 2.05) is 24.3 Å². The number of aromatic nitrogens is 5. The van der Waals surface area contributed by atoms with Crippen LogP contribution in [0.1, 0.15) is 31.0 Å². The molecule has 1 unspecified atom stereocenters. The Balaban J connectivity index is 1.55. The Hall–Kier alpha value is -1.99. The average molecular weight is 347 g/mol. The minimum absolute atomic E-state index is 0.0291. The summed E-state index contributed by atoms with van der Waals surface area (Å²) in [6.45, 7) is 3.05. The van der Waals surface area contributed by atoms with Crippen LogP contribution in [0, 0.1) is 0 Å². The maximum atomic E-state index is 6.22. The van der Waals surface area contributed by atoms with E-state index < -0.39 is 0 Å². The van der Waals surface area contributed by atoms with E-state index in [1.54, 1.807) is 0 Å². The SMILES string of the molecule is CC(Nc1nnc(-c2ccccc2Cl)s1)c1nnc2n1CCC2. The van der Waals surface area contributed by atoms with Crippen LogP contribution in [0.2, 0.25) is 5.02 Å². The molecule has 2 aromatic heterocycles. The van der Waals surface area contributed by atoms with Gasteiger partial charge in [-0.05, 0) is 19.4 Å². The van der Waals surface area contributed by atoms with Crippen molar-refractivity contribution in [3.63, 3.8) is 0 Å². The second-order valence-electron chi connectivity index (χ2n) is 5.49. The highest BCUT2D eigenvalue weighted by atomic mass is 35.5. The molecule has 6 nitrogen and oxygen atoms in total. The lowest BCUT2D eigenvalue weighted by Crippen LogP contribution is -2.13. The second kappa shape index (κ2) is 5.90. The van der Waals surface area contributed by atoms with Crippen molar-refractivity contribution in [3.8, 4) is 10.6 Å². The summed E-state index contributed by atoms with van der Waals surface area (Å²) in [5.41, 5.74) is 0.899. The molecule has 23 heavy (non-hydrogen) atoms. The van der Waals surface area contributed by atoms with Gasteiger partial charge >= 0.3 is 0 Å². The van der Waals surface area contributed by atoms with Gasteiger partial charge in [-0.25, -0.2) is 0 Å². The van der Waals surface area contributed by atoms with E-state index >= 15 is 0 Å². The lowest BCUT2D eigenvalue weighted by atomic mass is 10.2. The van der Waals surface area contributed by atoms with Crippen molar-refractivity contribution in [3.05, 3.63) is 40.9 Å². The number of benzene rings is 1. The standard InChI is InChI=1S/C15H15ClN6S/c1-9(13-19-18-12-7-4-8-22(12)13)17-15-21-20-14(23-15)10-5-2-3-6-11(10)16/h2-3,5-6,9H,4,7-8H2,1H3,(H,17,21). The topological polar surface area (TPSA) is 68.5 Å². The number of aryl methyl sites for hydroxylation is 1.